The number of amides is 1. The first kappa shape index (κ1) is 15.2. The molecule has 2 heterocycles. The summed E-state index contributed by atoms with van der Waals surface area (Å²) in [7, 11) is 0. The summed E-state index contributed by atoms with van der Waals surface area (Å²) in [6.07, 6.45) is 1.97. The highest BCUT2D eigenvalue weighted by Crippen LogP contribution is 2.33. The number of benzene rings is 1. The first-order chi connectivity index (χ1) is 10.6. The van der Waals surface area contributed by atoms with Crippen LogP contribution in [0.15, 0.2) is 33.8 Å². The predicted molar refractivity (Wildman–Crippen MR) is 88.9 cm³/mol. The highest BCUT2D eigenvalue weighted by Gasteiger charge is 2.27. The predicted octanol–water partition coefficient (Wildman–Crippen LogP) is 4.13. The molecule has 1 aromatic heterocycles. The van der Waals surface area contributed by atoms with Crippen LogP contribution in [0, 0.1) is 13.8 Å². The lowest BCUT2D eigenvalue weighted by molar-refractivity contribution is 0.0831. The van der Waals surface area contributed by atoms with Crippen LogP contribution in [0.1, 0.15) is 27.4 Å². The molecule has 0 unspecified atom stereocenters. The van der Waals surface area contributed by atoms with Gasteiger partial charge in [0, 0.05) is 17.9 Å². The van der Waals surface area contributed by atoms with Crippen LogP contribution >= 0.6 is 23.4 Å². The van der Waals surface area contributed by atoms with E-state index in [2.05, 4.69) is 5.16 Å². The number of aromatic nitrogens is 1. The minimum Gasteiger partial charge on any atom is -0.361 e. The molecule has 0 atom stereocenters. The van der Waals surface area contributed by atoms with Gasteiger partial charge in [0.2, 0.25) is 0 Å². The van der Waals surface area contributed by atoms with Crippen molar-refractivity contribution in [2.75, 3.05) is 12.3 Å². The van der Waals surface area contributed by atoms with E-state index in [9.17, 15) is 4.79 Å². The van der Waals surface area contributed by atoms with E-state index in [0.29, 0.717) is 17.1 Å². The Morgan fingerprint density at radius 2 is 2.18 bits per heavy atom. The van der Waals surface area contributed by atoms with Gasteiger partial charge in [-0.15, -0.1) is 11.8 Å². The second-order valence-corrected chi connectivity index (χ2v) is 6.53. The molecule has 0 spiro atoms. The van der Waals surface area contributed by atoms with Gasteiger partial charge < -0.3 is 9.42 Å². The van der Waals surface area contributed by atoms with Gasteiger partial charge in [0.05, 0.1) is 21.3 Å². The van der Waals surface area contributed by atoms with E-state index < -0.39 is 0 Å². The molecule has 6 heteroatoms. The fourth-order valence-electron chi connectivity index (χ4n) is 2.35. The van der Waals surface area contributed by atoms with E-state index in [0.717, 1.165) is 27.8 Å². The number of hydrogen-bond acceptors (Lipinski definition) is 4. The number of halogens is 1. The standard InChI is InChI=1S/C16H15ClN2O2S/c1-10-13(11(2)21-18-10)9-15-19(7-8-22-15)16(20)12-5-3-4-6-14(12)17/h3-6,9H,7-8H2,1-2H3/b15-9+. The summed E-state index contributed by atoms with van der Waals surface area (Å²) in [4.78, 5) is 14.5. The molecule has 4 nitrogen and oxygen atoms in total. The maximum absolute atomic E-state index is 12.7. The molecule has 1 aliphatic heterocycles. The summed E-state index contributed by atoms with van der Waals surface area (Å²) in [5, 5.41) is 5.32. The minimum atomic E-state index is -0.0754. The van der Waals surface area contributed by atoms with Gasteiger partial charge in [-0.2, -0.15) is 0 Å². The molecular weight excluding hydrogens is 320 g/mol. The van der Waals surface area contributed by atoms with E-state index in [-0.39, 0.29) is 5.91 Å². The van der Waals surface area contributed by atoms with Gasteiger partial charge in [0.15, 0.2) is 0 Å². The Morgan fingerprint density at radius 1 is 1.41 bits per heavy atom. The lowest BCUT2D eigenvalue weighted by Crippen LogP contribution is -2.26. The SMILES string of the molecule is Cc1noc(C)c1/C=C1/SCCN1C(=O)c1ccccc1Cl. The molecule has 0 N–H and O–H groups in total. The highest BCUT2D eigenvalue weighted by atomic mass is 35.5. The second-order valence-electron chi connectivity index (χ2n) is 5.01. The Labute approximate surface area is 138 Å². The van der Waals surface area contributed by atoms with Crippen molar-refractivity contribution >= 4 is 35.3 Å². The third kappa shape index (κ3) is 2.78. The van der Waals surface area contributed by atoms with Gasteiger partial charge in [-0.05, 0) is 32.1 Å². The maximum atomic E-state index is 12.7. The van der Waals surface area contributed by atoms with Crippen molar-refractivity contribution in [3.63, 3.8) is 0 Å². The zero-order chi connectivity index (χ0) is 15.7. The number of hydrogen-bond donors (Lipinski definition) is 0. The van der Waals surface area contributed by atoms with Crippen LogP contribution in [-0.4, -0.2) is 28.3 Å². The van der Waals surface area contributed by atoms with Crippen molar-refractivity contribution in [3.05, 3.63) is 56.9 Å². The number of nitrogens with zero attached hydrogens (tertiary/aromatic N) is 2. The van der Waals surface area contributed by atoms with Crippen molar-refractivity contribution in [2.45, 2.75) is 13.8 Å². The molecular formula is C16H15ClN2O2S. The fourth-order valence-corrected chi connectivity index (χ4v) is 3.58. The van der Waals surface area contributed by atoms with Crippen molar-refractivity contribution in [1.82, 2.24) is 10.1 Å². The Kier molecular flexibility index (Phi) is 4.27. The molecule has 0 bridgehead atoms. The van der Waals surface area contributed by atoms with E-state index >= 15 is 0 Å². The van der Waals surface area contributed by atoms with Crippen LogP contribution < -0.4 is 0 Å². The van der Waals surface area contributed by atoms with Crippen LogP contribution in [0.4, 0.5) is 0 Å². The quantitative estimate of drug-likeness (QED) is 0.828. The molecule has 0 saturated carbocycles. The van der Waals surface area contributed by atoms with Gasteiger partial charge in [-0.25, -0.2) is 0 Å². The summed E-state index contributed by atoms with van der Waals surface area (Å²) in [6, 6.07) is 7.12. The van der Waals surface area contributed by atoms with Crippen LogP contribution in [0.2, 0.25) is 5.02 Å². The van der Waals surface area contributed by atoms with E-state index in [1.165, 1.54) is 0 Å². The second kappa shape index (κ2) is 6.18. The van der Waals surface area contributed by atoms with Gasteiger partial charge in [-0.3, -0.25) is 4.79 Å². The number of rotatable bonds is 2. The highest BCUT2D eigenvalue weighted by molar-refractivity contribution is 8.03. The summed E-state index contributed by atoms with van der Waals surface area (Å²) >= 11 is 7.79. The largest absolute Gasteiger partial charge is 0.361 e. The molecule has 1 amide bonds. The molecule has 2 aromatic rings. The molecule has 0 radical (unpaired) electrons. The first-order valence-corrected chi connectivity index (χ1v) is 8.28. The summed E-state index contributed by atoms with van der Waals surface area (Å²) < 4.78 is 5.18. The van der Waals surface area contributed by atoms with E-state index in [1.807, 2.05) is 32.1 Å². The number of thioether (sulfide) groups is 1. The van der Waals surface area contributed by atoms with Crippen LogP contribution in [0.3, 0.4) is 0 Å². The Morgan fingerprint density at radius 3 is 2.86 bits per heavy atom. The molecule has 3 rings (SSSR count). The normalized spacial score (nSPS) is 16.5. The summed E-state index contributed by atoms with van der Waals surface area (Å²) in [5.74, 6) is 1.54. The van der Waals surface area contributed by atoms with Gasteiger partial charge >= 0.3 is 0 Å². The van der Waals surface area contributed by atoms with Crippen molar-refractivity contribution in [2.24, 2.45) is 0 Å². The number of carbonyl (C=O) groups excluding carboxylic acids is 1. The monoisotopic (exact) mass is 334 g/mol. The van der Waals surface area contributed by atoms with E-state index in [4.69, 9.17) is 16.1 Å². The molecule has 1 aliphatic rings. The average Bonchev–Trinajstić information content (AvgIpc) is 3.09. The van der Waals surface area contributed by atoms with Gasteiger partial charge in [0.1, 0.15) is 5.76 Å². The maximum Gasteiger partial charge on any atom is 0.260 e. The van der Waals surface area contributed by atoms with Crippen molar-refractivity contribution < 1.29 is 9.32 Å². The Balaban J connectivity index is 1.94. The van der Waals surface area contributed by atoms with Crippen molar-refractivity contribution in [1.29, 1.82) is 0 Å². The molecule has 22 heavy (non-hydrogen) atoms. The Bertz CT molecular complexity index is 735. The smallest absolute Gasteiger partial charge is 0.260 e. The average molecular weight is 335 g/mol. The fraction of sp³-hybridized carbons (Fsp3) is 0.250. The molecule has 0 aliphatic carbocycles. The molecule has 1 aromatic carbocycles. The molecule has 1 fully saturated rings. The van der Waals surface area contributed by atoms with Crippen LogP contribution in [0.5, 0.6) is 0 Å². The molecule has 1 saturated heterocycles. The number of aryl methyl sites for hydroxylation is 2. The zero-order valence-corrected chi connectivity index (χ0v) is 13.9. The van der Waals surface area contributed by atoms with E-state index in [1.54, 1.807) is 28.8 Å². The summed E-state index contributed by atoms with van der Waals surface area (Å²) in [6.45, 7) is 4.43. The topological polar surface area (TPSA) is 46.3 Å². The van der Waals surface area contributed by atoms with Crippen LogP contribution in [-0.2, 0) is 0 Å². The van der Waals surface area contributed by atoms with Gasteiger partial charge in [0.25, 0.3) is 5.91 Å². The third-order valence-corrected chi connectivity index (χ3v) is 4.89. The minimum absolute atomic E-state index is 0.0754. The summed E-state index contributed by atoms with van der Waals surface area (Å²) in [5.41, 5.74) is 2.28. The number of carbonyl (C=O) groups is 1. The zero-order valence-electron chi connectivity index (χ0n) is 12.3. The van der Waals surface area contributed by atoms with Gasteiger partial charge in [-0.1, -0.05) is 28.9 Å². The lowest BCUT2D eigenvalue weighted by Gasteiger charge is -2.17. The third-order valence-electron chi connectivity index (χ3n) is 3.54. The van der Waals surface area contributed by atoms with Crippen LogP contribution in [0.25, 0.3) is 6.08 Å². The first-order valence-electron chi connectivity index (χ1n) is 6.91. The Hall–Kier alpha value is -1.72. The molecule has 114 valence electrons. The lowest BCUT2D eigenvalue weighted by atomic mass is 10.2. The van der Waals surface area contributed by atoms with Crippen molar-refractivity contribution in [3.8, 4) is 0 Å².